The van der Waals surface area contributed by atoms with Crippen molar-refractivity contribution >= 4 is 17.3 Å². The van der Waals surface area contributed by atoms with E-state index in [1.54, 1.807) is 6.33 Å². The Labute approximate surface area is 176 Å². The summed E-state index contributed by atoms with van der Waals surface area (Å²) in [6.07, 6.45) is 5.20. The average molecular weight is 396 g/mol. The second kappa shape index (κ2) is 9.95. The van der Waals surface area contributed by atoms with Gasteiger partial charge in [0.15, 0.2) is 11.6 Å². The van der Waals surface area contributed by atoms with Crippen molar-refractivity contribution in [3.63, 3.8) is 0 Å². The number of hydrogen-bond acceptors (Lipinski definition) is 5. The molecule has 1 fully saturated rings. The zero-order chi connectivity index (χ0) is 20.8. The lowest BCUT2D eigenvalue weighted by atomic mass is 9.90. The fourth-order valence-corrected chi connectivity index (χ4v) is 4.31. The molecule has 1 aromatic carbocycles. The molecule has 2 N–H and O–H groups in total. The summed E-state index contributed by atoms with van der Waals surface area (Å²) in [6, 6.07) is 10.8. The summed E-state index contributed by atoms with van der Waals surface area (Å²) in [5.41, 5.74) is 8.79. The van der Waals surface area contributed by atoms with E-state index in [0.29, 0.717) is 11.8 Å². The molecule has 0 unspecified atom stereocenters. The van der Waals surface area contributed by atoms with Gasteiger partial charge in [-0.1, -0.05) is 58.0 Å². The largest absolute Gasteiger partial charge is 0.393 e. The average Bonchev–Trinajstić information content (AvgIpc) is 2.68. The molecule has 1 aliphatic rings. The second-order valence-corrected chi connectivity index (χ2v) is 9.25. The van der Waals surface area contributed by atoms with Crippen LogP contribution in [-0.2, 0) is 6.42 Å². The van der Waals surface area contributed by atoms with Gasteiger partial charge in [0.05, 0.1) is 0 Å². The lowest BCUT2D eigenvalue weighted by Gasteiger charge is -2.35. The minimum Gasteiger partial charge on any atom is -0.393 e. The molecule has 0 saturated carbocycles. The molecule has 1 aliphatic heterocycles. The minimum absolute atomic E-state index is 0.556. The molecule has 0 radical (unpaired) electrons. The van der Waals surface area contributed by atoms with Crippen LogP contribution in [0.25, 0.3) is 0 Å². The highest BCUT2D eigenvalue weighted by atomic mass is 15.3. The number of anilines is 3. The number of nitrogens with two attached hydrogens (primary N) is 1. The number of nitrogen functional groups attached to an aromatic ring is 1. The number of rotatable bonds is 8. The van der Waals surface area contributed by atoms with Crippen LogP contribution in [0.1, 0.15) is 46.1 Å². The first kappa shape index (κ1) is 21.4. The van der Waals surface area contributed by atoms with E-state index in [-0.39, 0.29) is 0 Å². The zero-order valence-corrected chi connectivity index (χ0v) is 18.5. The molecule has 0 bridgehead atoms. The molecule has 29 heavy (non-hydrogen) atoms. The van der Waals surface area contributed by atoms with Crippen LogP contribution in [0.5, 0.6) is 0 Å². The van der Waals surface area contributed by atoms with E-state index in [2.05, 4.69) is 77.8 Å². The van der Waals surface area contributed by atoms with E-state index < -0.39 is 0 Å². The Balaban J connectivity index is 1.69. The van der Waals surface area contributed by atoms with Gasteiger partial charge in [-0.2, -0.15) is 0 Å². The van der Waals surface area contributed by atoms with Gasteiger partial charge in [0.1, 0.15) is 12.0 Å². The molecule has 0 aliphatic carbocycles. The lowest BCUT2D eigenvalue weighted by Crippen LogP contribution is -2.37. The summed E-state index contributed by atoms with van der Waals surface area (Å²) in [6.45, 7) is 12.9. The van der Waals surface area contributed by atoms with Gasteiger partial charge >= 0.3 is 0 Å². The van der Waals surface area contributed by atoms with Gasteiger partial charge in [0, 0.05) is 26.2 Å². The molecule has 5 nitrogen and oxygen atoms in total. The van der Waals surface area contributed by atoms with Crippen LogP contribution in [0.4, 0.5) is 17.3 Å². The molecular weight excluding hydrogens is 358 g/mol. The van der Waals surface area contributed by atoms with E-state index in [0.717, 1.165) is 55.8 Å². The van der Waals surface area contributed by atoms with Crippen molar-refractivity contribution in [2.24, 2.45) is 17.8 Å². The predicted molar refractivity (Wildman–Crippen MR) is 123 cm³/mol. The molecule has 158 valence electrons. The van der Waals surface area contributed by atoms with Gasteiger partial charge in [0.25, 0.3) is 0 Å². The van der Waals surface area contributed by atoms with Crippen LogP contribution in [-0.4, -0.2) is 36.1 Å². The van der Waals surface area contributed by atoms with Crippen molar-refractivity contribution in [3.05, 3.63) is 42.2 Å². The normalized spacial score (nSPS) is 15.3. The monoisotopic (exact) mass is 395 g/mol. The summed E-state index contributed by atoms with van der Waals surface area (Å²) < 4.78 is 0. The zero-order valence-electron chi connectivity index (χ0n) is 18.5. The third-order valence-corrected chi connectivity index (χ3v) is 5.59. The van der Waals surface area contributed by atoms with Crippen molar-refractivity contribution < 1.29 is 0 Å². The molecule has 5 heteroatoms. The van der Waals surface area contributed by atoms with Crippen molar-refractivity contribution in [1.29, 1.82) is 0 Å². The number of benzene rings is 1. The lowest BCUT2D eigenvalue weighted by molar-refractivity contribution is 0.402. The standard InChI is InChI=1S/C24H37N5/c1-18(2)15-29(16-19(3)4)24-22(25)23(26-17-27-24)28-12-10-21(11-13-28)14-20-8-6-5-7-9-20/h5-9,17-19,21H,10-16,25H2,1-4H3. The Morgan fingerprint density at radius 3 is 2.21 bits per heavy atom. The quantitative estimate of drug-likeness (QED) is 0.706. The molecule has 1 aromatic heterocycles. The van der Waals surface area contributed by atoms with Crippen molar-refractivity contribution in [2.75, 3.05) is 41.7 Å². The molecule has 2 aromatic rings. The van der Waals surface area contributed by atoms with Crippen molar-refractivity contribution in [3.8, 4) is 0 Å². The van der Waals surface area contributed by atoms with E-state index in [1.807, 2.05) is 0 Å². The van der Waals surface area contributed by atoms with E-state index in [1.165, 1.54) is 18.4 Å². The van der Waals surface area contributed by atoms with Crippen molar-refractivity contribution in [2.45, 2.75) is 47.0 Å². The van der Waals surface area contributed by atoms with Crippen LogP contribution in [0.2, 0.25) is 0 Å². The van der Waals surface area contributed by atoms with Crippen LogP contribution >= 0.6 is 0 Å². The first-order valence-corrected chi connectivity index (χ1v) is 11.1. The third-order valence-electron chi connectivity index (χ3n) is 5.59. The summed E-state index contributed by atoms with van der Waals surface area (Å²) in [7, 11) is 0. The highest BCUT2D eigenvalue weighted by Gasteiger charge is 2.24. The maximum atomic E-state index is 6.62. The van der Waals surface area contributed by atoms with Crippen LogP contribution in [0.3, 0.4) is 0 Å². The highest BCUT2D eigenvalue weighted by Crippen LogP contribution is 2.33. The minimum atomic E-state index is 0.556. The van der Waals surface area contributed by atoms with Gasteiger partial charge in [-0.3, -0.25) is 0 Å². The molecule has 0 amide bonds. The molecule has 3 rings (SSSR count). The first-order valence-electron chi connectivity index (χ1n) is 11.1. The molecule has 2 heterocycles. The fraction of sp³-hybridized carbons (Fsp3) is 0.583. The van der Waals surface area contributed by atoms with Crippen LogP contribution in [0, 0.1) is 17.8 Å². The molecular formula is C24H37N5. The molecule has 0 atom stereocenters. The SMILES string of the molecule is CC(C)CN(CC(C)C)c1ncnc(N2CCC(Cc3ccccc3)CC2)c1N. The van der Waals surface area contributed by atoms with E-state index in [4.69, 9.17) is 5.73 Å². The van der Waals surface area contributed by atoms with E-state index >= 15 is 0 Å². The predicted octanol–water partition coefficient (Wildman–Crippen LogP) is 4.64. The number of aromatic nitrogens is 2. The number of piperidine rings is 1. The summed E-state index contributed by atoms with van der Waals surface area (Å²) in [5, 5.41) is 0. The maximum absolute atomic E-state index is 6.62. The van der Waals surface area contributed by atoms with Crippen LogP contribution in [0.15, 0.2) is 36.7 Å². The maximum Gasteiger partial charge on any atom is 0.157 e. The fourth-order valence-electron chi connectivity index (χ4n) is 4.31. The molecule has 1 saturated heterocycles. The second-order valence-electron chi connectivity index (χ2n) is 9.25. The highest BCUT2D eigenvalue weighted by molar-refractivity contribution is 5.75. The molecule has 0 spiro atoms. The van der Waals surface area contributed by atoms with Gasteiger partial charge in [-0.25, -0.2) is 9.97 Å². The Morgan fingerprint density at radius 1 is 1.00 bits per heavy atom. The Kier molecular flexibility index (Phi) is 7.34. The van der Waals surface area contributed by atoms with Crippen LogP contribution < -0.4 is 15.5 Å². The smallest absolute Gasteiger partial charge is 0.157 e. The summed E-state index contributed by atoms with van der Waals surface area (Å²) >= 11 is 0. The Morgan fingerprint density at radius 2 is 1.62 bits per heavy atom. The van der Waals surface area contributed by atoms with Gasteiger partial charge in [-0.15, -0.1) is 0 Å². The summed E-state index contributed by atoms with van der Waals surface area (Å²) in [5.74, 6) is 3.64. The summed E-state index contributed by atoms with van der Waals surface area (Å²) in [4.78, 5) is 13.8. The van der Waals surface area contributed by atoms with Gasteiger partial charge < -0.3 is 15.5 Å². The first-order chi connectivity index (χ1) is 13.9. The van der Waals surface area contributed by atoms with Gasteiger partial charge in [0.2, 0.25) is 0 Å². The third kappa shape index (κ3) is 5.84. The Hall–Kier alpha value is -2.30. The van der Waals surface area contributed by atoms with E-state index in [9.17, 15) is 0 Å². The topological polar surface area (TPSA) is 58.3 Å². The number of hydrogen-bond donors (Lipinski definition) is 1. The Bertz CT molecular complexity index is 741. The number of nitrogens with zero attached hydrogens (tertiary/aromatic N) is 4. The van der Waals surface area contributed by atoms with Gasteiger partial charge in [-0.05, 0) is 42.6 Å². The van der Waals surface area contributed by atoms with Crippen molar-refractivity contribution in [1.82, 2.24) is 9.97 Å².